The first-order valence-corrected chi connectivity index (χ1v) is 24.7. The molecule has 348 valence electrons. The van der Waals surface area contributed by atoms with Gasteiger partial charge in [0.05, 0.1) is 39.1 Å². The minimum absolute atomic E-state index is 0.0215. The third-order valence-electron chi connectivity index (χ3n) is 15.0. The number of rotatable bonds is 11. The summed E-state index contributed by atoms with van der Waals surface area (Å²) in [7, 11) is -4.71. The van der Waals surface area contributed by atoms with Crippen LogP contribution in [0.25, 0.3) is 11.0 Å². The zero-order valence-corrected chi connectivity index (χ0v) is 38.0. The monoisotopic (exact) mass is 921 g/mol. The first kappa shape index (κ1) is 44.1. The highest BCUT2D eigenvalue weighted by atomic mass is 32.2. The molecule has 5 aliphatic rings. The summed E-state index contributed by atoms with van der Waals surface area (Å²) < 4.78 is 56.8. The summed E-state index contributed by atoms with van der Waals surface area (Å²) in [4.78, 5) is 37.2. The van der Waals surface area contributed by atoms with Crippen molar-refractivity contribution in [3.05, 3.63) is 106 Å². The molecule has 3 aromatic carbocycles. The van der Waals surface area contributed by atoms with Crippen molar-refractivity contribution in [2.75, 3.05) is 36.5 Å². The number of ether oxygens (including phenoxy) is 2. The Hall–Kier alpha value is -5.78. The zero-order valence-electron chi connectivity index (χ0n) is 37.2. The van der Waals surface area contributed by atoms with Crippen LogP contribution < -0.4 is 24.4 Å². The van der Waals surface area contributed by atoms with Crippen LogP contribution in [-0.2, 0) is 10.0 Å². The number of sulfonamides is 1. The van der Waals surface area contributed by atoms with Gasteiger partial charge in [0, 0.05) is 55.3 Å². The summed E-state index contributed by atoms with van der Waals surface area (Å²) in [6, 6.07) is 18.1. The molecule has 3 aliphatic heterocycles. The SMILES string of the molecule is CC(C)c1ccccc1[C@@H]1CCCN1C1CC2(CCN(c3ccc(C(=O)NS(=O)(=O)c4cc5c(c([N+](=O)[O-])c4)N[C@H]([C@H]4CC[C@@H](O)CC4)CO5)c(Oc4cnc5[nH]cc(F)c5c4)c3)CC2)C1. The summed E-state index contributed by atoms with van der Waals surface area (Å²) in [5.41, 5.74) is 3.69. The van der Waals surface area contributed by atoms with E-state index in [1.165, 1.54) is 54.6 Å². The molecule has 15 nitrogen and oxygen atoms in total. The molecule has 2 aliphatic carbocycles. The van der Waals surface area contributed by atoms with Gasteiger partial charge in [0.2, 0.25) is 0 Å². The Balaban J connectivity index is 0.865. The molecular weight excluding hydrogens is 866 g/mol. The lowest BCUT2D eigenvalue weighted by atomic mass is 9.59. The van der Waals surface area contributed by atoms with E-state index in [1.54, 1.807) is 12.1 Å². The number of benzene rings is 3. The topological polar surface area (TPSA) is 192 Å². The molecule has 0 unspecified atom stereocenters. The number of aliphatic hydroxyl groups excluding tert-OH is 1. The number of fused-ring (bicyclic) bond motifs is 2. The number of amides is 1. The van der Waals surface area contributed by atoms with Gasteiger partial charge >= 0.3 is 0 Å². The molecular formula is C49H56FN7O8S. The number of carbonyl (C=O) groups excluding carboxylic acids is 1. The average Bonchev–Trinajstić information content (AvgIpc) is 3.94. The third kappa shape index (κ3) is 8.45. The van der Waals surface area contributed by atoms with Gasteiger partial charge in [-0.05, 0) is 117 Å². The van der Waals surface area contributed by atoms with E-state index in [1.807, 2.05) is 0 Å². The molecule has 17 heteroatoms. The van der Waals surface area contributed by atoms with Crippen LogP contribution in [0.1, 0.15) is 112 Å². The molecule has 0 bridgehead atoms. The van der Waals surface area contributed by atoms with Crippen molar-refractivity contribution in [3.8, 4) is 17.2 Å². The first-order valence-electron chi connectivity index (χ1n) is 23.3. The summed E-state index contributed by atoms with van der Waals surface area (Å²) in [6.07, 6.45) is 11.6. The number of carbonyl (C=O) groups is 1. The fourth-order valence-corrected chi connectivity index (χ4v) is 12.4. The molecule has 5 aromatic rings. The minimum atomic E-state index is -4.71. The van der Waals surface area contributed by atoms with Crippen LogP contribution in [0.3, 0.4) is 0 Å². The van der Waals surface area contributed by atoms with Gasteiger partial charge in [-0.1, -0.05) is 38.1 Å². The quantitative estimate of drug-likeness (QED) is 0.0728. The van der Waals surface area contributed by atoms with Gasteiger partial charge in [0.1, 0.15) is 29.6 Å². The van der Waals surface area contributed by atoms with Crippen LogP contribution in [0.15, 0.2) is 78.0 Å². The number of pyridine rings is 1. The van der Waals surface area contributed by atoms with Crippen LogP contribution >= 0.6 is 0 Å². The molecule has 0 radical (unpaired) electrons. The summed E-state index contributed by atoms with van der Waals surface area (Å²) in [6.45, 7) is 7.39. The molecule has 5 heterocycles. The highest BCUT2D eigenvalue weighted by Gasteiger charge is 2.50. The van der Waals surface area contributed by atoms with Crippen LogP contribution in [0.2, 0.25) is 0 Å². The predicted octanol–water partition coefficient (Wildman–Crippen LogP) is 8.95. The zero-order chi connectivity index (χ0) is 45.9. The lowest BCUT2D eigenvalue weighted by Crippen LogP contribution is -2.54. The van der Waals surface area contributed by atoms with Crippen molar-refractivity contribution in [1.82, 2.24) is 19.6 Å². The lowest BCUT2D eigenvalue weighted by molar-refractivity contribution is -0.384. The average molecular weight is 922 g/mol. The maximum atomic E-state index is 14.6. The fourth-order valence-electron chi connectivity index (χ4n) is 11.4. The Labute approximate surface area is 383 Å². The number of piperidine rings is 1. The Morgan fingerprint density at radius 1 is 1.05 bits per heavy atom. The number of aromatic amines is 1. The summed E-state index contributed by atoms with van der Waals surface area (Å²) >= 11 is 0. The van der Waals surface area contributed by atoms with E-state index in [4.69, 9.17) is 9.47 Å². The van der Waals surface area contributed by atoms with Gasteiger partial charge in [-0.2, -0.15) is 0 Å². The lowest BCUT2D eigenvalue weighted by Gasteiger charge is -2.56. The molecule has 4 N–H and O–H groups in total. The third-order valence-corrected chi connectivity index (χ3v) is 16.3. The molecule has 1 spiro atoms. The van der Waals surface area contributed by atoms with Gasteiger partial charge in [0.25, 0.3) is 21.6 Å². The number of aromatic nitrogens is 2. The number of nitro benzene ring substituents is 1. The smallest absolute Gasteiger partial charge is 0.297 e. The number of hydrogen-bond donors (Lipinski definition) is 4. The van der Waals surface area contributed by atoms with Gasteiger partial charge < -0.3 is 29.8 Å². The van der Waals surface area contributed by atoms with E-state index in [2.05, 4.69) is 67.9 Å². The number of aliphatic hydroxyl groups is 1. The van der Waals surface area contributed by atoms with E-state index >= 15 is 0 Å². The maximum absolute atomic E-state index is 14.6. The van der Waals surface area contributed by atoms with Gasteiger partial charge in [0.15, 0.2) is 11.4 Å². The normalized spacial score (nSPS) is 23.3. The van der Waals surface area contributed by atoms with Gasteiger partial charge in [-0.25, -0.2) is 22.5 Å². The second kappa shape index (κ2) is 17.5. The molecule has 2 aromatic heterocycles. The first-order chi connectivity index (χ1) is 31.7. The summed E-state index contributed by atoms with van der Waals surface area (Å²) in [5.74, 6) is -0.860. The van der Waals surface area contributed by atoms with Crippen LogP contribution in [0.4, 0.5) is 21.5 Å². The number of halogens is 1. The van der Waals surface area contributed by atoms with Crippen LogP contribution in [-0.4, -0.2) is 83.7 Å². The molecule has 66 heavy (non-hydrogen) atoms. The van der Waals surface area contributed by atoms with Crippen molar-refractivity contribution in [2.45, 2.75) is 113 Å². The van der Waals surface area contributed by atoms with Crippen molar-refractivity contribution < 1.29 is 37.1 Å². The molecule has 2 atom stereocenters. The van der Waals surface area contributed by atoms with Crippen molar-refractivity contribution >= 4 is 44.0 Å². The Bertz CT molecular complexity index is 2780. The second-order valence-electron chi connectivity index (χ2n) is 19.4. The highest BCUT2D eigenvalue weighted by Crippen LogP contribution is 2.54. The molecule has 4 fully saturated rings. The Kier molecular flexibility index (Phi) is 11.7. The van der Waals surface area contributed by atoms with Crippen molar-refractivity contribution in [1.29, 1.82) is 0 Å². The van der Waals surface area contributed by atoms with Crippen molar-refractivity contribution in [3.63, 3.8) is 0 Å². The summed E-state index contributed by atoms with van der Waals surface area (Å²) in [5, 5.41) is 25.7. The largest absolute Gasteiger partial charge is 0.489 e. The van der Waals surface area contributed by atoms with E-state index < -0.39 is 37.3 Å². The number of anilines is 2. The molecule has 10 rings (SSSR count). The molecule has 2 saturated carbocycles. The van der Waals surface area contributed by atoms with Gasteiger partial charge in [-0.3, -0.25) is 19.8 Å². The number of H-pyrrole nitrogens is 1. The van der Waals surface area contributed by atoms with Crippen molar-refractivity contribution in [2.24, 2.45) is 11.3 Å². The number of nitrogens with one attached hydrogen (secondary N) is 3. The number of hydrogen-bond acceptors (Lipinski definition) is 12. The Morgan fingerprint density at radius 3 is 2.58 bits per heavy atom. The highest BCUT2D eigenvalue weighted by molar-refractivity contribution is 7.90. The van der Waals surface area contributed by atoms with Gasteiger partial charge in [-0.15, -0.1) is 0 Å². The standard InChI is InChI=1S/C49H56FN7O8S/c1-29(2)36-6-3-4-7-37(36)42-8-5-17-56(42)32-24-49(25-32)15-18-55(19-16-49)31-11-14-38(44(20-31)65-34-21-39-40(50)27-52-47(39)51-26-34)48(59)54-66(62,63)35-22-43(57(60)61)46-45(23-35)64-28-41(53-46)30-9-12-33(58)13-10-30/h3-4,6-7,11,14,20-23,26-27,29-30,32-33,41-42,53,58H,5,8-10,12-13,15-19,24-25,28H2,1-2H3,(H,51,52)(H,54,59)/t30-,33+,41-,42-/m0/s1. The van der Waals surface area contributed by atoms with Crippen LogP contribution in [0.5, 0.6) is 17.2 Å². The molecule has 1 amide bonds. The number of nitrogens with zero attached hydrogens (tertiary/aromatic N) is 4. The van der Waals surface area contributed by atoms with E-state index in [0.717, 1.165) is 69.9 Å². The Morgan fingerprint density at radius 2 is 1.82 bits per heavy atom. The van der Waals surface area contributed by atoms with E-state index in [9.17, 15) is 32.8 Å². The maximum Gasteiger partial charge on any atom is 0.297 e. The predicted molar refractivity (Wildman–Crippen MR) is 247 cm³/mol. The second-order valence-corrected chi connectivity index (χ2v) is 21.0. The minimum Gasteiger partial charge on any atom is -0.489 e. The van der Waals surface area contributed by atoms with Crippen LogP contribution in [0, 0.1) is 27.3 Å². The van der Waals surface area contributed by atoms with E-state index in [-0.39, 0.29) is 64.0 Å². The van der Waals surface area contributed by atoms with E-state index in [0.29, 0.717) is 36.5 Å². The number of likely N-dealkylation sites (tertiary alicyclic amines) is 1. The molecule has 2 saturated heterocycles. The fraction of sp³-hybridized carbons (Fsp3) is 0.469. The number of nitro groups is 1.